The number of hydrogen-bond acceptors (Lipinski definition) is 1. The summed E-state index contributed by atoms with van der Waals surface area (Å²) in [5, 5.41) is 10.9. The summed E-state index contributed by atoms with van der Waals surface area (Å²) < 4.78 is 0. The average Bonchev–Trinajstić information content (AvgIpc) is 2.59. The second-order valence-electron chi connectivity index (χ2n) is 4.19. The van der Waals surface area contributed by atoms with Crippen molar-refractivity contribution < 1.29 is 5.11 Å². The molecule has 0 bridgehead atoms. The van der Waals surface area contributed by atoms with E-state index >= 15 is 0 Å². The SMILES string of the molecule is C#Cc1ccc2cc(C(C)(C)O)[nH]c2c1. The first-order valence-corrected chi connectivity index (χ1v) is 4.83. The lowest BCUT2D eigenvalue weighted by Crippen LogP contribution is -2.15. The average molecular weight is 199 g/mol. The Kier molecular flexibility index (Phi) is 2.06. The third-order valence-electron chi connectivity index (χ3n) is 2.45. The molecule has 0 aliphatic heterocycles. The minimum Gasteiger partial charge on any atom is -0.384 e. The molecule has 2 nitrogen and oxygen atoms in total. The van der Waals surface area contributed by atoms with E-state index in [-0.39, 0.29) is 0 Å². The van der Waals surface area contributed by atoms with E-state index < -0.39 is 5.60 Å². The predicted octanol–water partition coefficient (Wildman–Crippen LogP) is 2.38. The lowest BCUT2D eigenvalue weighted by atomic mass is 10.1. The van der Waals surface area contributed by atoms with Crippen LogP contribution in [0.3, 0.4) is 0 Å². The Hall–Kier alpha value is -1.72. The highest BCUT2D eigenvalue weighted by atomic mass is 16.3. The van der Waals surface area contributed by atoms with Gasteiger partial charge >= 0.3 is 0 Å². The van der Waals surface area contributed by atoms with Crippen LogP contribution >= 0.6 is 0 Å². The molecule has 0 aliphatic rings. The van der Waals surface area contributed by atoms with Crippen molar-refractivity contribution in [2.24, 2.45) is 0 Å². The number of hydrogen-bond donors (Lipinski definition) is 2. The van der Waals surface area contributed by atoms with E-state index in [9.17, 15) is 5.11 Å². The van der Waals surface area contributed by atoms with Crippen LogP contribution < -0.4 is 0 Å². The van der Waals surface area contributed by atoms with Crippen LogP contribution in [0, 0.1) is 12.3 Å². The Bertz CT molecular complexity index is 538. The highest BCUT2D eigenvalue weighted by Crippen LogP contribution is 2.24. The molecule has 0 radical (unpaired) electrons. The number of benzene rings is 1. The molecule has 15 heavy (non-hydrogen) atoms. The van der Waals surface area contributed by atoms with Crippen LogP contribution in [0.1, 0.15) is 25.1 Å². The zero-order valence-electron chi connectivity index (χ0n) is 8.83. The molecular weight excluding hydrogens is 186 g/mol. The topological polar surface area (TPSA) is 36.0 Å². The zero-order chi connectivity index (χ0) is 11.1. The Morgan fingerprint density at radius 2 is 2.07 bits per heavy atom. The maximum Gasteiger partial charge on any atom is 0.0987 e. The van der Waals surface area contributed by atoms with Crippen LogP contribution in [0.25, 0.3) is 10.9 Å². The molecule has 2 aromatic rings. The largest absolute Gasteiger partial charge is 0.384 e. The van der Waals surface area contributed by atoms with E-state index in [1.165, 1.54) is 0 Å². The maximum atomic E-state index is 9.84. The first-order chi connectivity index (χ1) is 7.00. The fourth-order valence-corrected chi connectivity index (χ4v) is 1.55. The molecule has 0 atom stereocenters. The van der Waals surface area contributed by atoms with Crippen LogP contribution in [-0.2, 0) is 5.60 Å². The van der Waals surface area contributed by atoms with Gasteiger partial charge in [-0.2, -0.15) is 0 Å². The van der Waals surface area contributed by atoms with E-state index in [0.717, 1.165) is 22.2 Å². The van der Waals surface area contributed by atoms with Gasteiger partial charge in [0.1, 0.15) is 0 Å². The van der Waals surface area contributed by atoms with Crippen molar-refractivity contribution in [3.8, 4) is 12.3 Å². The lowest BCUT2D eigenvalue weighted by Gasteiger charge is -2.14. The molecule has 0 unspecified atom stereocenters. The molecule has 0 spiro atoms. The Balaban J connectivity index is 2.62. The van der Waals surface area contributed by atoms with Crippen molar-refractivity contribution in [2.45, 2.75) is 19.4 Å². The van der Waals surface area contributed by atoms with Crippen molar-refractivity contribution in [3.63, 3.8) is 0 Å². The van der Waals surface area contributed by atoms with E-state index in [2.05, 4.69) is 10.9 Å². The number of aromatic amines is 1. The van der Waals surface area contributed by atoms with Crippen molar-refractivity contribution in [1.82, 2.24) is 4.98 Å². The number of aromatic nitrogens is 1. The summed E-state index contributed by atoms with van der Waals surface area (Å²) in [5.41, 5.74) is 1.75. The molecule has 76 valence electrons. The van der Waals surface area contributed by atoms with Gasteiger partial charge in [0.05, 0.1) is 5.60 Å². The zero-order valence-corrected chi connectivity index (χ0v) is 8.83. The van der Waals surface area contributed by atoms with E-state index in [0.29, 0.717) is 0 Å². The molecule has 2 heteroatoms. The predicted molar refractivity (Wildman–Crippen MR) is 61.5 cm³/mol. The highest BCUT2D eigenvalue weighted by molar-refractivity contribution is 5.82. The number of aliphatic hydroxyl groups is 1. The summed E-state index contributed by atoms with van der Waals surface area (Å²) in [6.07, 6.45) is 5.32. The van der Waals surface area contributed by atoms with Gasteiger partial charge in [0.25, 0.3) is 0 Å². The normalized spacial score (nSPS) is 11.6. The van der Waals surface area contributed by atoms with E-state index in [1.807, 2.05) is 24.3 Å². The fraction of sp³-hybridized carbons (Fsp3) is 0.231. The van der Waals surface area contributed by atoms with Crippen LogP contribution in [0.5, 0.6) is 0 Å². The van der Waals surface area contributed by atoms with Gasteiger partial charge in [-0.05, 0) is 37.4 Å². The molecule has 0 aliphatic carbocycles. The number of nitrogens with one attached hydrogen (secondary N) is 1. The van der Waals surface area contributed by atoms with E-state index in [4.69, 9.17) is 6.42 Å². The molecule has 1 aromatic carbocycles. The smallest absolute Gasteiger partial charge is 0.0987 e. The fourth-order valence-electron chi connectivity index (χ4n) is 1.55. The molecule has 1 aromatic heterocycles. The highest BCUT2D eigenvalue weighted by Gasteiger charge is 2.18. The van der Waals surface area contributed by atoms with Crippen molar-refractivity contribution in [2.75, 3.05) is 0 Å². The summed E-state index contributed by atoms with van der Waals surface area (Å²) in [6, 6.07) is 7.70. The summed E-state index contributed by atoms with van der Waals surface area (Å²) in [5.74, 6) is 2.58. The van der Waals surface area contributed by atoms with Crippen LogP contribution in [-0.4, -0.2) is 10.1 Å². The molecular formula is C13H13NO. The minimum absolute atomic E-state index is 0.798. The molecule has 0 saturated heterocycles. The summed E-state index contributed by atoms with van der Waals surface area (Å²) in [6.45, 7) is 3.50. The first-order valence-electron chi connectivity index (χ1n) is 4.83. The van der Waals surface area contributed by atoms with Gasteiger partial charge in [-0.1, -0.05) is 12.0 Å². The van der Waals surface area contributed by atoms with Crippen molar-refractivity contribution >= 4 is 10.9 Å². The van der Waals surface area contributed by atoms with Gasteiger partial charge in [0, 0.05) is 16.8 Å². The van der Waals surface area contributed by atoms with Crippen molar-refractivity contribution in [1.29, 1.82) is 0 Å². The number of rotatable bonds is 1. The Morgan fingerprint density at radius 3 is 2.67 bits per heavy atom. The van der Waals surface area contributed by atoms with Gasteiger partial charge in [0.15, 0.2) is 0 Å². The quantitative estimate of drug-likeness (QED) is 0.680. The molecule has 2 rings (SSSR count). The molecule has 0 amide bonds. The van der Waals surface area contributed by atoms with Crippen LogP contribution in [0.2, 0.25) is 0 Å². The Labute approximate surface area is 88.9 Å². The van der Waals surface area contributed by atoms with Gasteiger partial charge < -0.3 is 10.1 Å². The maximum absolute atomic E-state index is 9.84. The second kappa shape index (κ2) is 3.15. The number of fused-ring (bicyclic) bond motifs is 1. The standard InChI is InChI=1S/C13H13NO/c1-4-9-5-6-10-8-12(13(2,3)15)14-11(10)7-9/h1,5-8,14-15H,2-3H3. The number of terminal acetylenes is 1. The number of H-pyrrole nitrogens is 1. The summed E-state index contributed by atoms with van der Waals surface area (Å²) >= 11 is 0. The first kappa shape index (κ1) is 9.82. The molecule has 0 saturated carbocycles. The van der Waals surface area contributed by atoms with Crippen LogP contribution in [0.15, 0.2) is 24.3 Å². The second-order valence-corrected chi connectivity index (χ2v) is 4.19. The minimum atomic E-state index is -0.852. The van der Waals surface area contributed by atoms with Crippen LogP contribution in [0.4, 0.5) is 0 Å². The molecule has 0 fully saturated rings. The van der Waals surface area contributed by atoms with Gasteiger partial charge in [-0.25, -0.2) is 0 Å². The van der Waals surface area contributed by atoms with Gasteiger partial charge in [0.2, 0.25) is 0 Å². The van der Waals surface area contributed by atoms with Crippen molar-refractivity contribution in [3.05, 3.63) is 35.5 Å². The summed E-state index contributed by atoms with van der Waals surface area (Å²) in [4.78, 5) is 3.16. The van der Waals surface area contributed by atoms with Gasteiger partial charge in [-0.15, -0.1) is 6.42 Å². The lowest BCUT2D eigenvalue weighted by molar-refractivity contribution is 0.0747. The van der Waals surface area contributed by atoms with Gasteiger partial charge in [-0.3, -0.25) is 0 Å². The van der Waals surface area contributed by atoms with E-state index in [1.54, 1.807) is 13.8 Å². The Morgan fingerprint density at radius 1 is 1.33 bits per heavy atom. The molecule has 2 N–H and O–H groups in total. The third kappa shape index (κ3) is 1.74. The third-order valence-corrected chi connectivity index (χ3v) is 2.45. The summed E-state index contributed by atoms with van der Waals surface area (Å²) in [7, 11) is 0. The monoisotopic (exact) mass is 199 g/mol. The molecule has 1 heterocycles.